The molecule has 3 N–H and O–H groups in total. The maximum atomic E-state index is 13.9. The first-order valence-electron chi connectivity index (χ1n) is 12.2. The summed E-state index contributed by atoms with van der Waals surface area (Å²) in [7, 11) is 0. The first-order chi connectivity index (χ1) is 18.0. The molecule has 0 bridgehead atoms. The van der Waals surface area contributed by atoms with Crippen LogP contribution in [0.4, 0.5) is 4.79 Å². The van der Waals surface area contributed by atoms with Crippen molar-refractivity contribution in [3.05, 3.63) is 65.2 Å². The summed E-state index contributed by atoms with van der Waals surface area (Å²) in [5.74, 6) is -0.490. The second-order valence-electron chi connectivity index (χ2n) is 9.76. The fraction of sp³-hybridized carbons (Fsp3) is 0.429. The maximum Gasteiger partial charge on any atom is 0.408 e. The van der Waals surface area contributed by atoms with Gasteiger partial charge in [-0.3, -0.25) is 9.59 Å². The molecule has 0 fully saturated rings. The molecule has 2 rings (SSSR count). The van der Waals surface area contributed by atoms with E-state index >= 15 is 0 Å². The van der Waals surface area contributed by atoms with E-state index in [0.717, 1.165) is 10.5 Å². The Morgan fingerprint density at radius 2 is 1.84 bits per heavy atom. The number of alkyl carbamates (subject to hydrolysis) is 1. The number of nitrogens with zero attached hydrogens (tertiary/aromatic N) is 2. The van der Waals surface area contributed by atoms with E-state index < -0.39 is 42.1 Å². The zero-order valence-corrected chi connectivity index (χ0v) is 23.3. The van der Waals surface area contributed by atoms with Crippen LogP contribution in [0.2, 0.25) is 0 Å². The summed E-state index contributed by atoms with van der Waals surface area (Å²) in [5.41, 5.74) is 1.03. The number of benzene rings is 2. The number of hydrogen-bond acceptors (Lipinski definition) is 7. The van der Waals surface area contributed by atoms with Crippen molar-refractivity contribution in [1.29, 1.82) is 5.26 Å². The molecule has 2 aromatic rings. The van der Waals surface area contributed by atoms with Gasteiger partial charge in [0.25, 0.3) is 0 Å². The van der Waals surface area contributed by atoms with E-state index in [0.29, 0.717) is 16.9 Å². The molecule has 0 aliphatic rings. The van der Waals surface area contributed by atoms with Crippen LogP contribution in [0.1, 0.15) is 49.9 Å². The first kappa shape index (κ1) is 30.5. The minimum Gasteiger partial charge on any atom is -0.508 e. The third kappa shape index (κ3) is 9.30. The normalized spacial score (nSPS) is 12.5. The third-order valence-corrected chi connectivity index (χ3v) is 6.17. The van der Waals surface area contributed by atoms with Gasteiger partial charge in [0, 0.05) is 6.54 Å². The molecule has 10 heteroatoms. The van der Waals surface area contributed by atoms with Gasteiger partial charge >= 0.3 is 6.09 Å². The number of aryl methyl sites for hydroxylation is 1. The molecule has 0 spiro atoms. The number of nitrogens with one attached hydrogen (secondary N) is 2. The van der Waals surface area contributed by atoms with Crippen LogP contribution in [0, 0.1) is 18.3 Å². The van der Waals surface area contributed by atoms with Gasteiger partial charge in [-0.2, -0.15) is 17.0 Å². The Hall–Kier alpha value is -3.71. The maximum absolute atomic E-state index is 13.9. The van der Waals surface area contributed by atoms with Crippen molar-refractivity contribution in [3.63, 3.8) is 0 Å². The van der Waals surface area contributed by atoms with Crippen LogP contribution in [-0.2, 0) is 20.9 Å². The van der Waals surface area contributed by atoms with Crippen molar-refractivity contribution in [2.75, 3.05) is 18.6 Å². The molecule has 0 aliphatic carbocycles. The van der Waals surface area contributed by atoms with Gasteiger partial charge in [0.1, 0.15) is 30.0 Å². The van der Waals surface area contributed by atoms with Crippen LogP contribution in [0.15, 0.2) is 48.5 Å². The minimum atomic E-state index is -1.18. The summed E-state index contributed by atoms with van der Waals surface area (Å²) in [6.07, 6.45) is 1.38. The molecule has 9 nitrogen and oxygen atoms in total. The number of rotatable bonds is 11. The van der Waals surface area contributed by atoms with Gasteiger partial charge in [-0.15, -0.1) is 0 Å². The Bertz CT molecular complexity index is 1140. The van der Waals surface area contributed by atoms with Crippen molar-refractivity contribution >= 4 is 29.7 Å². The first-order valence-corrected chi connectivity index (χ1v) is 13.6. The lowest BCUT2D eigenvalue weighted by atomic mass is 10.00. The molecule has 0 saturated heterocycles. The zero-order valence-electron chi connectivity index (χ0n) is 22.5. The number of amides is 3. The van der Waals surface area contributed by atoms with E-state index in [4.69, 9.17) is 4.74 Å². The fourth-order valence-corrected chi connectivity index (χ4v) is 4.19. The quantitative estimate of drug-likeness (QED) is 0.366. The molecule has 38 heavy (non-hydrogen) atoms. The molecule has 0 aromatic heterocycles. The number of thioether (sulfide) groups is 1. The topological polar surface area (TPSA) is 132 Å². The van der Waals surface area contributed by atoms with Crippen molar-refractivity contribution in [2.24, 2.45) is 0 Å². The molecule has 2 aromatic carbocycles. The van der Waals surface area contributed by atoms with E-state index in [1.807, 2.05) is 42.7 Å². The number of nitriles is 1. The lowest BCUT2D eigenvalue weighted by Gasteiger charge is -2.33. The highest BCUT2D eigenvalue weighted by molar-refractivity contribution is 7.98. The Morgan fingerprint density at radius 1 is 1.16 bits per heavy atom. The lowest BCUT2D eigenvalue weighted by molar-refractivity contribution is -0.141. The average Bonchev–Trinajstić information content (AvgIpc) is 2.86. The van der Waals surface area contributed by atoms with Crippen LogP contribution in [0.25, 0.3) is 0 Å². The lowest BCUT2D eigenvalue weighted by Crippen LogP contribution is -2.53. The number of hydrogen-bond donors (Lipinski definition) is 3. The van der Waals surface area contributed by atoms with Gasteiger partial charge in [0.2, 0.25) is 11.8 Å². The van der Waals surface area contributed by atoms with Crippen molar-refractivity contribution < 1.29 is 24.2 Å². The number of ether oxygens (including phenoxy) is 1. The predicted molar refractivity (Wildman–Crippen MR) is 147 cm³/mol. The summed E-state index contributed by atoms with van der Waals surface area (Å²) in [6, 6.07) is 13.7. The standard InChI is InChI=1S/C28H36N4O5S/c1-19-17-21(11-12-23(19)33)24(25(34)30-18-20-9-7-6-8-10-20)32(15-14-29)26(35)22(13-16-38-5)31-27(36)37-28(2,3)4/h6-12,17,22,24,33H,13,15-16,18H2,1-5H3,(H,30,34)(H,31,36). The second kappa shape index (κ2) is 14.3. The SMILES string of the molecule is CSCCC(NC(=O)OC(C)(C)C)C(=O)N(CC#N)C(C(=O)NCc1ccccc1)c1ccc(O)c(C)c1. The largest absolute Gasteiger partial charge is 0.508 e. The van der Waals surface area contributed by atoms with E-state index in [2.05, 4.69) is 10.6 Å². The molecule has 3 amide bonds. The molecule has 0 saturated carbocycles. The van der Waals surface area contributed by atoms with Gasteiger partial charge < -0.3 is 25.4 Å². The van der Waals surface area contributed by atoms with Crippen molar-refractivity contribution in [1.82, 2.24) is 15.5 Å². The minimum absolute atomic E-state index is 0.0415. The molecule has 204 valence electrons. The third-order valence-electron chi connectivity index (χ3n) is 5.53. The van der Waals surface area contributed by atoms with Crippen LogP contribution in [0.5, 0.6) is 5.75 Å². The number of phenolic OH excluding ortho intramolecular Hbond substituents is 1. The molecular weight excluding hydrogens is 504 g/mol. The van der Waals surface area contributed by atoms with Gasteiger partial charge in [0.05, 0.1) is 6.07 Å². The van der Waals surface area contributed by atoms with Crippen LogP contribution in [-0.4, -0.2) is 58.1 Å². The highest BCUT2D eigenvalue weighted by Gasteiger charge is 2.36. The number of aromatic hydroxyl groups is 1. The second-order valence-corrected chi connectivity index (χ2v) is 10.7. The number of carbonyl (C=O) groups is 3. The molecule has 0 aliphatic heterocycles. The van der Waals surface area contributed by atoms with E-state index in [1.165, 1.54) is 17.8 Å². The van der Waals surface area contributed by atoms with E-state index in [9.17, 15) is 24.8 Å². The summed E-state index contributed by atoms with van der Waals surface area (Å²) in [5, 5.41) is 25.2. The molecule has 2 unspecified atom stereocenters. The van der Waals surface area contributed by atoms with Crippen LogP contribution < -0.4 is 10.6 Å². The number of phenols is 1. The molecule has 0 radical (unpaired) electrons. The highest BCUT2D eigenvalue weighted by Crippen LogP contribution is 2.27. The Morgan fingerprint density at radius 3 is 2.42 bits per heavy atom. The summed E-state index contributed by atoms with van der Waals surface area (Å²) >= 11 is 1.50. The molecular formula is C28H36N4O5S. The van der Waals surface area contributed by atoms with Gasteiger partial charge in [0.15, 0.2) is 0 Å². The average molecular weight is 541 g/mol. The van der Waals surface area contributed by atoms with Gasteiger partial charge in [-0.1, -0.05) is 36.4 Å². The summed E-state index contributed by atoms with van der Waals surface area (Å²) in [6.45, 7) is 6.65. The Kier molecular flexibility index (Phi) is 11.5. The number of carbonyl (C=O) groups excluding carboxylic acids is 3. The summed E-state index contributed by atoms with van der Waals surface area (Å²) < 4.78 is 5.35. The smallest absolute Gasteiger partial charge is 0.408 e. The highest BCUT2D eigenvalue weighted by atomic mass is 32.2. The zero-order chi connectivity index (χ0) is 28.3. The summed E-state index contributed by atoms with van der Waals surface area (Å²) in [4.78, 5) is 41.1. The predicted octanol–water partition coefficient (Wildman–Crippen LogP) is 4.06. The molecule has 0 heterocycles. The van der Waals surface area contributed by atoms with Crippen molar-refractivity contribution in [3.8, 4) is 11.8 Å². The fourth-order valence-electron chi connectivity index (χ4n) is 3.72. The van der Waals surface area contributed by atoms with Gasteiger partial charge in [-0.05, 0) is 74.9 Å². The van der Waals surface area contributed by atoms with E-state index in [-0.39, 0.29) is 18.7 Å². The monoisotopic (exact) mass is 540 g/mol. The Labute approximate surface area is 228 Å². The molecule has 2 atom stereocenters. The van der Waals surface area contributed by atoms with Gasteiger partial charge in [-0.25, -0.2) is 4.79 Å². The van der Waals surface area contributed by atoms with Crippen LogP contribution in [0.3, 0.4) is 0 Å². The van der Waals surface area contributed by atoms with Crippen molar-refractivity contribution in [2.45, 2.75) is 58.3 Å². The van der Waals surface area contributed by atoms with E-state index in [1.54, 1.807) is 39.8 Å². The van der Waals surface area contributed by atoms with Crippen LogP contribution >= 0.6 is 11.8 Å². The Balaban J connectivity index is 2.45.